The standard InChI is InChI=1S/C18H23NO5/c1-11-15(17(21)23-3)16(18(22)24-4)13(19(11)2)10-14(20)12-8-6-5-7-9-12/h10,12H,2,5-9H2,1,3-4H3. The second-order valence-electron chi connectivity index (χ2n) is 6.01. The first-order valence-electron chi connectivity index (χ1n) is 8.03. The zero-order chi connectivity index (χ0) is 17.9. The number of ether oxygens (including phenoxy) is 2. The predicted molar refractivity (Wildman–Crippen MR) is 85.8 cm³/mol. The highest BCUT2D eigenvalue weighted by Gasteiger charge is 2.41. The molecule has 1 fully saturated rings. The number of carbonyl (C=O) groups excluding carboxylic acids is 2. The van der Waals surface area contributed by atoms with Crippen LogP contribution in [0.1, 0.15) is 39.0 Å². The Kier molecular flexibility index (Phi) is 5.59. The van der Waals surface area contributed by atoms with Gasteiger partial charge < -0.3 is 14.6 Å². The molecule has 130 valence electrons. The van der Waals surface area contributed by atoms with Crippen molar-refractivity contribution in [3.8, 4) is 0 Å². The van der Waals surface area contributed by atoms with Gasteiger partial charge in [-0.1, -0.05) is 19.3 Å². The van der Waals surface area contributed by atoms with Gasteiger partial charge in [-0.3, -0.25) is 0 Å². The molecule has 0 saturated heterocycles. The summed E-state index contributed by atoms with van der Waals surface area (Å²) in [6.45, 7) is 5.50. The van der Waals surface area contributed by atoms with Gasteiger partial charge in [0.2, 0.25) is 5.70 Å². The summed E-state index contributed by atoms with van der Waals surface area (Å²) in [6.07, 6.45) is 6.33. The second kappa shape index (κ2) is 7.47. The predicted octanol–water partition coefficient (Wildman–Crippen LogP) is 1.41. The maximum Gasteiger partial charge on any atom is 0.345 e. The Morgan fingerprint density at radius 2 is 1.67 bits per heavy atom. The van der Waals surface area contributed by atoms with Crippen molar-refractivity contribution < 1.29 is 28.7 Å². The van der Waals surface area contributed by atoms with Crippen LogP contribution in [-0.2, 0) is 19.1 Å². The van der Waals surface area contributed by atoms with Gasteiger partial charge in [0.25, 0.3) is 0 Å². The van der Waals surface area contributed by atoms with Crippen LogP contribution in [0.25, 0.3) is 0 Å². The molecule has 0 spiro atoms. The van der Waals surface area contributed by atoms with E-state index in [1.807, 2.05) is 0 Å². The SMILES string of the molecule is C=[N+]1C(C)=C(C(=O)OC)C(C(=O)OC)=C1/C=C(\[O-])C1CCCCC1. The van der Waals surface area contributed by atoms with Crippen LogP contribution in [0.5, 0.6) is 0 Å². The average Bonchev–Trinajstić information content (AvgIpc) is 2.86. The quantitative estimate of drug-likeness (QED) is 0.441. The van der Waals surface area contributed by atoms with Gasteiger partial charge in [-0.25, -0.2) is 9.59 Å². The summed E-state index contributed by atoms with van der Waals surface area (Å²) in [5.74, 6) is -1.43. The highest BCUT2D eigenvalue weighted by atomic mass is 16.5. The number of rotatable bonds is 4. The van der Waals surface area contributed by atoms with E-state index in [0.29, 0.717) is 5.70 Å². The maximum atomic E-state index is 12.6. The third-order valence-corrected chi connectivity index (χ3v) is 4.63. The minimum atomic E-state index is -0.691. The number of carbonyl (C=O) groups is 2. The number of allylic oxidation sites excluding steroid dienone is 3. The van der Waals surface area contributed by atoms with Gasteiger partial charge in [-0.15, -0.1) is 5.76 Å². The molecule has 0 radical (unpaired) electrons. The molecule has 2 rings (SSSR count). The molecule has 0 aromatic carbocycles. The van der Waals surface area contributed by atoms with Crippen molar-refractivity contribution in [2.24, 2.45) is 5.92 Å². The molecule has 0 bridgehead atoms. The van der Waals surface area contributed by atoms with Crippen molar-refractivity contribution in [1.29, 1.82) is 0 Å². The fourth-order valence-electron chi connectivity index (χ4n) is 3.21. The van der Waals surface area contributed by atoms with Gasteiger partial charge in [0.1, 0.15) is 12.3 Å². The molecule has 0 N–H and O–H groups in total. The number of nitrogens with zero attached hydrogens (tertiary/aromatic N) is 1. The van der Waals surface area contributed by atoms with E-state index in [1.165, 1.54) is 24.9 Å². The monoisotopic (exact) mass is 333 g/mol. The third kappa shape index (κ3) is 3.27. The summed E-state index contributed by atoms with van der Waals surface area (Å²) in [7, 11) is 2.46. The van der Waals surface area contributed by atoms with Crippen LogP contribution in [0.15, 0.2) is 34.4 Å². The Hall–Kier alpha value is -2.37. The van der Waals surface area contributed by atoms with Crippen molar-refractivity contribution in [2.75, 3.05) is 14.2 Å². The second-order valence-corrected chi connectivity index (χ2v) is 6.01. The number of methoxy groups -OCH3 is 2. The Bertz CT molecular complexity index is 663. The molecule has 1 saturated carbocycles. The first-order chi connectivity index (χ1) is 11.4. The van der Waals surface area contributed by atoms with Crippen molar-refractivity contribution in [3.63, 3.8) is 0 Å². The van der Waals surface area contributed by atoms with E-state index in [9.17, 15) is 14.7 Å². The number of esters is 2. The molecular weight excluding hydrogens is 310 g/mol. The number of hydrogen-bond acceptors (Lipinski definition) is 5. The molecule has 0 atom stereocenters. The minimum Gasteiger partial charge on any atom is -0.875 e. The normalized spacial score (nSPS) is 19.8. The van der Waals surface area contributed by atoms with E-state index in [1.54, 1.807) is 6.92 Å². The molecular formula is C18H23NO5. The molecule has 24 heavy (non-hydrogen) atoms. The molecule has 1 aliphatic heterocycles. The van der Waals surface area contributed by atoms with E-state index in [2.05, 4.69) is 6.72 Å². The van der Waals surface area contributed by atoms with Gasteiger partial charge in [-0.2, -0.15) is 4.58 Å². The largest absolute Gasteiger partial charge is 0.875 e. The molecule has 0 unspecified atom stereocenters. The highest BCUT2D eigenvalue weighted by molar-refractivity contribution is 6.08. The fraction of sp³-hybridized carbons (Fsp3) is 0.500. The van der Waals surface area contributed by atoms with E-state index >= 15 is 0 Å². The van der Waals surface area contributed by atoms with E-state index in [0.717, 1.165) is 32.1 Å². The lowest BCUT2D eigenvalue weighted by Gasteiger charge is -2.27. The van der Waals surface area contributed by atoms with Crippen LogP contribution in [0.2, 0.25) is 0 Å². The van der Waals surface area contributed by atoms with E-state index in [4.69, 9.17) is 9.47 Å². The molecule has 1 heterocycles. The van der Waals surface area contributed by atoms with Crippen molar-refractivity contribution in [2.45, 2.75) is 39.0 Å². The molecule has 6 heteroatoms. The summed E-state index contributed by atoms with van der Waals surface area (Å²) in [6, 6.07) is 0. The van der Waals surface area contributed by atoms with E-state index in [-0.39, 0.29) is 28.5 Å². The van der Waals surface area contributed by atoms with Gasteiger partial charge in [0.15, 0.2) is 11.3 Å². The summed E-state index contributed by atoms with van der Waals surface area (Å²) >= 11 is 0. The topological polar surface area (TPSA) is 78.7 Å². The number of hydrogen-bond donors (Lipinski definition) is 0. The molecule has 6 nitrogen and oxygen atoms in total. The zero-order valence-electron chi connectivity index (χ0n) is 14.4. The van der Waals surface area contributed by atoms with Crippen LogP contribution in [0.4, 0.5) is 0 Å². The first kappa shape index (κ1) is 18.0. The van der Waals surface area contributed by atoms with Crippen LogP contribution in [0.3, 0.4) is 0 Å². The Balaban J connectivity index is 2.49. The van der Waals surface area contributed by atoms with Gasteiger partial charge in [-0.05, 0) is 24.8 Å². The minimum absolute atomic E-state index is 0.0287. The van der Waals surface area contributed by atoms with Gasteiger partial charge >= 0.3 is 11.9 Å². The maximum absolute atomic E-state index is 12.6. The fourth-order valence-corrected chi connectivity index (χ4v) is 3.21. The lowest BCUT2D eigenvalue weighted by molar-refractivity contribution is -0.404. The van der Waals surface area contributed by atoms with Crippen LogP contribution in [-0.4, -0.2) is 37.5 Å². The summed E-state index contributed by atoms with van der Waals surface area (Å²) < 4.78 is 11.0. The van der Waals surface area contributed by atoms with Crippen molar-refractivity contribution in [3.05, 3.63) is 34.4 Å². The smallest absolute Gasteiger partial charge is 0.345 e. The average molecular weight is 333 g/mol. The summed E-state index contributed by atoms with van der Waals surface area (Å²) in [5.41, 5.74) is 0.850. The van der Waals surface area contributed by atoms with Gasteiger partial charge in [0, 0.05) is 6.92 Å². The van der Waals surface area contributed by atoms with Crippen LogP contribution >= 0.6 is 0 Å². The van der Waals surface area contributed by atoms with Gasteiger partial charge in [0.05, 0.1) is 14.2 Å². The highest BCUT2D eigenvalue weighted by Crippen LogP contribution is 2.34. The molecule has 0 aromatic rings. The summed E-state index contributed by atoms with van der Waals surface area (Å²) in [5, 5.41) is 12.6. The van der Waals surface area contributed by atoms with Crippen molar-refractivity contribution >= 4 is 18.7 Å². The third-order valence-electron chi connectivity index (χ3n) is 4.63. The first-order valence-corrected chi connectivity index (χ1v) is 8.03. The molecule has 1 aliphatic carbocycles. The Labute approximate surface area is 141 Å². The Morgan fingerprint density at radius 1 is 1.12 bits per heavy atom. The lowest BCUT2D eigenvalue weighted by atomic mass is 9.87. The molecule has 0 amide bonds. The van der Waals surface area contributed by atoms with Crippen LogP contribution in [0, 0.1) is 5.92 Å². The van der Waals surface area contributed by atoms with E-state index < -0.39 is 11.9 Å². The summed E-state index contributed by atoms with van der Waals surface area (Å²) in [4.78, 5) is 24.3. The molecule has 2 aliphatic rings. The lowest BCUT2D eigenvalue weighted by Crippen LogP contribution is -2.20. The zero-order valence-corrected chi connectivity index (χ0v) is 14.4. The van der Waals surface area contributed by atoms with Crippen LogP contribution < -0.4 is 5.11 Å². The molecule has 0 aromatic heterocycles. The Morgan fingerprint density at radius 3 is 2.21 bits per heavy atom. The van der Waals surface area contributed by atoms with Crippen molar-refractivity contribution in [1.82, 2.24) is 0 Å².